The van der Waals surface area contributed by atoms with Gasteiger partial charge in [-0.2, -0.15) is 5.26 Å². The van der Waals surface area contributed by atoms with Crippen LogP contribution in [0.2, 0.25) is 5.02 Å². The van der Waals surface area contributed by atoms with Gasteiger partial charge >= 0.3 is 0 Å². The number of benzene rings is 3. The highest BCUT2D eigenvalue weighted by Crippen LogP contribution is 2.44. The van der Waals surface area contributed by atoms with E-state index in [1.54, 1.807) is 19.9 Å². The summed E-state index contributed by atoms with van der Waals surface area (Å²) in [6.07, 6.45) is 0. The number of aliphatic hydroxyl groups is 1. The molecular formula is C27H25ClF2N2O. The van der Waals surface area contributed by atoms with Crippen LogP contribution in [0.3, 0.4) is 0 Å². The summed E-state index contributed by atoms with van der Waals surface area (Å²) in [7, 11) is 0. The molecule has 0 amide bonds. The van der Waals surface area contributed by atoms with Gasteiger partial charge in [-0.3, -0.25) is 4.90 Å². The fourth-order valence-electron chi connectivity index (χ4n) is 5.02. The number of hydrogen-bond acceptors (Lipinski definition) is 3. The highest BCUT2D eigenvalue weighted by molar-refractivity contribution is 6.30. The summed E-state index contributed by atoms with van der Waals surface area (Å²) in [4.78, 5) is 2.25. The van der Waals surface area contributed by atoms with Gasteiger partial charge in [0.2, 0.25) is 0 Å². The number of rotatable bonds is 6. The second-order valence-electron chi connectivity index (χ2n) is 9.24. The monoisotopic (exact) mass is 466 g/mol. The molecule has 1 aliphatic rings. The quantitative estimate of drug-likeness (QED) is 0.480. The zero-order valence-corrected chi connectivity index (χ0v) is 19.2. The number of nitriles is 1. The van der Waals surface area contributed by atoms with Crippen LogP contribution in [0.4, 0.5) is 8.78 Å². The minimum atomic E-state index is -1.16. The molecule has 1 N–H and O–H groups in total. The van der Waals surface area contributed by atoms with Crippen LogP contribution in [0.5, 0.6) is 0 Å². The minimum absolute atomic E-state index is 0.000139. The topological polar surface area (TPSA) is 47.3 Å². The van der Waals surface area contributed by atoms with Gasteiger partial charge in [0.1, 0.15) is 11.6 Å². The molecule has 0 aliphatic carbocycles. The van der Waals surface area contributed by atoms with Crippen molar-refractivity contribution in [3.63, 3.8) is 0 Å². The van der Waals surface area contributed by atoms with E-state index >= 15 is 0 Å². The van der Waals surface area contributed by atoms with Crippen LogP contribution >= 0.6 is 11.6 Å². The Kier molecular flexibility index (Phi) is 6.54. The Morgan fingerprint density at radius 3 is 2.18 bits per heavy atom. The van der Waals surface area contributed by atoms with Crippen LogP contribution < -0.4 is 0 Å². The Morgan fingerprint density at radius 2 is 1.61 bits per heavy atom. The van der Waals surface area contributed by atoms with E-state index in [2.05, 4.69) is 11.0 Å². The molecule has 3 aromatic rings. The summed E-state index contributed by atoms with van der Waals surface area (Å²) in [5, 5.41) is 20.9. The molecule has 0 radical (unpaired) electrons. The number of hydrogen-bond donors (Lipinski definition) is 1. The van der Waals surface area contributed by atoms with Gasteiger partial charge in [0, 0.05) is 30.1 Å². The molecule has 1 heterocycles. The van der Waals surface area contributed by atoms with Crippen molar-refractivity contribution in [1.29, 1.82) is 5.26 Å². The molecule has 2 atom stereocenters. The predicted molar refractivity (Wildman–Crippen MR) is 125 cm³/mol. The molecule has 0 spiro atoms. The molecule has 3 aromatic carbocycles. The molecule has 170 valence electrons. The van der Waals surface area contributed by atoms with E-state index in [9.17, 15) is 19.1 Å². The Balaban J connectivity index is 1.65. The molecule has 0 bridgehead atoms. The van der Waals surface area contributed by atoms with E-state index < -0.39 is 23.2 Å². The molecule has 0 saturated carbocycles. The van der Waals surface area contributed by atoms with Gasteiger partial charge in [-0.25, -0.2) is 8.78 Å². The fraction of sp³-hybridized carbons (Fsp3) is 0.296. The Morgan fingerprint density at radius 1 is 0.970 bits per heavy atom. The molecule has 1 fully saturated rings. The summed E-state index contributed by atoms with van der Waals surface area (Å²) in [6.45, 7) is 4.60. The van der Waals surface area contributed by atoms with E-state index in [1.807, 2.05) is 42.5 Å². The van der Waals surface area contributed by atoms with Crippen molar-refractivity contribution in [2.24, 2.45) is 5.92 Å². The maximum absolute atomic E-state index is 13.9. The van der Waals surface area contributed by atoms with Gasteiger partial charge in [-0.05, 0) is 72.9 Å². The van der Waals surface area contributed by atoms with E-state index in [0.29, 0.717) is 29.2 Å². The fourth-order valence-corrected chi connectivity index (χ4v) is 5.15. The zero-order valence-electron chi connectivity index (χ0n) is 18.5. The van der Waals surface area contributed by atoms with Crippen molar-refractivity contribution in [3.05, 3.63) is 106 Å². The maximum Gasteiger partial charge on any atom is 0.126 e. The lowest BCUT2D eigenvalue weighted by molar-refractivity contribution is -0.0309. The summed E-state index contributed by atoms with van der Waals surface area (Å²) in [6, 6.07) is 20.6. The van der Waals surface area contributed by atoms with Gasteiger partial charge in [-0.1, -0.05) is 35.9 Å². The lowest BCUT2D eigenvalue weighted by Crippen LogP contribution is -2.54. The minimum Gasteiger partial charge on any atom is -0.390 e. The van der Waals surface area contributed by atoms with Crippen LogP contribution in [0.15, 0.2) is 66.7 Å². The normalized spacial score (nSPS) is 16.6. The Hall–Kier alpha value is -2.78. The molecule has 1 aliphatic heterocycles. The predicted octanol–water partition coefficient (Wildman–Crippen LogP) is 6.07. The highest BCUT2D eigenvalue weighted by Gasteiger charge is 2.44. The summed E-state index contributed by atoms with van der Waals surface area (Å²) in [5.41, 5.74) is 1.89. The molecular weight excluding hydrogens is 442 g/mol. The van der Waals surface area contributed by atoms with Crippen LogP contribution in [0, 0.1) is 28.9 Å². The molecule has 0 unspecified atom stereocenters. The molecule has 33 heavy (non-hydrogen) atoms. The molecule has 4 rings (SSSR count). The third-order valence-electron chi connectivity index (χ3n) is 6.30. The van der Waals surface area contributed by atoms with E-state index in [-0.39, 0.29) is 12.0 Å². The first-order chi connectivity index (χ1) is 15.7. The molecule has 3 nitrogen and oxygen atoms in total. The Labute approximate surface area is 197 Å². The zero-order chi connectivity index (χ0) is 23.8. The first-order valence-corrected chi connectivity index (χ1v) is 11.2. The first kappa shape index (κ1) is 23.4. The third kappa shape index (κ3) is 5.09. The van der Waals surface area contributed by atoms with Crippen molar-refractivity contribution in [3.8, 4) is 6.07 Å². The largest absolute Gasteiger partial charge is 0.390 e. The van der Waals surface area contributed by atoms with Gasteiger partial charge in [0.05, 0.1) is 23.3 Å². The standard InChI is InChI=1S/C27H25ClF2N2O/c1-27(2,33)25(20-11-23(29)13-24(30)12-20)21-15-32(16-21)26(18-6-8-22(28)9-7-18)19-5-3-4-17(10-19)14-31/h3-13,21,25-26,33H,15-16H2,1-2H3/t25-,26-/m1/s1. The third-order valence-corrected chi connectivity index (χ3v) is 6.55. The Bertz CT molecular complexity index is 1160. The average molecular weight is 467 g/mol. The SMILES string of the molecule is CC(C)(O)[C@H](c1cc(F)cc(F)c1)C1CN([C@H](c2ccc(Cl)cc2)c2cccc(C#N)c2)C1. The van der Waals surface area contributed by atoms with Crippen LogP contribution in [-0.2, 0) is 0 Å². The van der Waals surface area contributed by atoms with Crippen molar-refractivity contribution in [2.75, 3.05) is 13.1 Å². The lowest BCUT2D eigenvalue weighted by atomic mass is 9.71. The van der Waals surface area contributed by atoms with Crippen molar-refractivity contribution >= 4 is 11.6 Å². The van der Waals surface area contributed by atoms with Gasteiger partial charge in [0.15, 0.2) is 0 Å². The molecule has 0 aromatic heterocycles. The molecule has 6 heteroatoms. The smallest absolute Gasteiger partial charge is 0.126 e. The second-order valence-corrected chi connectivity index (χ2v) is 9.68. The average Bonchev–Trinajstić information content (AvgIpc) is 2.72. The van der Waals surface area contributed by atoms with Crippen LogP contribution in [0.25, 0.3) is 0 Å². The van der Waals surface area contributed by atoms with E-state index in [1.165, 1.54) is 12.1 Å². The first-order valence-electron chi connectivity index (χ1n) is 10.8. The second kappa shape index (κ2) is 9.23. The van der Waals surface area contributed by atoms with Gasteiger partial charge in [-0.15, -0.1) is 0 Å². The van der Waals surface area contributed by atoms with E-state index in [4.69, 9.17) is 11.6 Å². The summed E-state index contributed by atoms with van der Waals surface area (Å²) in [5.74, 6) is -1.74. The van der Waals surface area contributed by atoms with Crippen molar-refractivity contribution < 1.29 is 13.9 Å². The van der Waals surface area contributed by atoms with Crippen molar-refractivity contribution in [1.82, 2.24) is 4.90 Å². The van der Waals surface area contributed by atoms with Crippen LogP contribution in [0.1, 0.15) is 48.1 Å². The summed E-state index contributed by atoms with van der Waals surface area (Å²) < 4.78 is 27.9. The van der Waals surface area contributed by atoms with Crippen molar-refractivity contribution in [2.45, 2.75) is 31.4 Å². The number of nitrogens with zero attached hydrogens (tertiary/aromatic N) is 2. The van der Waals surface area contributed by atoms with Crippen LogP contribution in [-0.4, -0.2) is 28.7 Å². The lowest BCUT2D eigenvalue weighted by Gasteiger charge is -2.50. The van der Waals surface area contributed by atoms with E-state index in [0.717, 1.165) is 17.2 Å². The number of likely N-dealkylation sites (tertiary alicyclic amines) is 1. The van der Waals surface area contributed by atoms with Gasteiger partial charge in [0.25, 0.3) is 0 Å². The molecule has 1 saturated heterocycles. The maximum atomic E-state index is 13.9. The highest BCUT2D eigenvalue weighted by atomic mass is 35.5. The number of halogens is 3. The van der Waals surface area contributed by atoms with Gasteiger partial charge < -0.3 is 5.11 Å². The summed E-state index contributed by atoms with van der Waals surface area (Å²) >= 11 is 6.10.